The molecule has 0 aromatic heterocycles. The van der Waals surface area contributed by atoms with Gasteiger partial charge in [0, 0.05) is 0 Å². The third kappa shape index (κ3) is 6.22. The van der Waals surface area contributed by atoms with E-state index in [0.717, 1.165) is 6.08 Å². The molecule has 0 atom stereocenters. The van der Waals surface area contributed by atoms with Crippen molar-refractivity contribution in [2.75, 3.05) is 6.61 Å². The van der Waals surface area contributed by atoms with Gasteiger partial charge in [-0.3, -0.25) is 0 Å². The van der Waals surface area contributed by atoms with Crippen molar-refractivity contribution < 1.29 is 27.0 Å². The maximum Gasteiger partial charge on any atom is 0.416 e. The number of benzene rings is 3. The third-order valence-electron chi connectivity index (χ3n) is 4.26. The number of ether oxygens (including phenoxy) is 2. The number of rotatable bonds is 7. The lowest BCUT2D eigenvalue weighted by atomic mass is 10.0. The lowest BCUT2D eigenvalue weighted by Gasteiger charge is -2.12. The Hall–Kier alpha value is -3.54. The molecule has 0 saturated heterocycles. The van der Waals surface area contributed by atoms with E-state index in [9.17, 15) is 17.6 Å². The molecule has 0 heterocycles. The van der Waals surface area contributed by atoms with Gasteiger partial charge < -0.3 is 9.47 Å². The standard InChI is InChI=1S/C25H20F4O2/c1-2-30-20-14-12-19(13-15-20)22(25(27,28)29)10-6-7-18-11-16-23(26)24(17-18)31-21-8-4-3-5-9-21/h3-17H,2H2,1H3/b7-6-,22-10+. The molecular formula is C25H20F4O2. The molecule has 2 nitrogen and oxygen atoms in total. The van der Waals surface area contributed by atoms with E-state index >= 15 is 0 Å². The van der Waals surface area contributed by atoms with Crippen LogP contribution in [0.5, 0.6) is 17.2 Å². The van der Waals surface area contributed by atoms with Crippen molar-refractivity contribution in [2.45, 2.75) is 13.1 Å². The fourth-order valence-corrected chi connectivity index (χ4v) is 2.82. The summed E-state index contributed by atoms with van der Waals surface area (Å²) in [5.74, 6) is 0.375. The fraction of sp³-hybridized carbons (Fsp3) is 0.120. The Bertz CT molecular complexity index is 1050. The minimum Gasteiger partial charge on any atom is -0.494 e. The van der Waals surface area contributed by atoms with Crippen LogP contribution in [0.25, 0.3) is 11.6 Å². The predicted octanol–water partition coefficient (Wildman–Crippen LogP) is 7.68. The van der Waals surface area contributed by atoms with Gasteiger partial charge in [0.15, 0.2) is 11.6 Å². The summed E-state index contributed by atoms with van der Waals surface area (Å²) < 4.78 is 65.4. The van der Waals surface area contributed by atoms with E-state index in [1.165, 1.54) is 54.6 Å². The van der Waals surface area contributed by atoms with E-state index < -0.39 is 17.6 Å². The zero-order valence-electron chi connectivity index (χ0n) is 16.7. The van der Waals surface area contributed by atoms with Gasteiger partial charge in [0.05, 0.1) is 12.2 Å². The van der Waals surface area contributed by atoms with Gasteiger partial charge in [-0.25, -0.2) is 4.39 Å². The van der Waals surface area contributed by atoms with Crippen LogP contribution in [-0.2, 0) is 0 Å². The van der Waals surface area contributed by atoms with Crippen LogP contribution in [0.4, 0.5) is 17.6 Å². The molecule has 0 fully saturated rings. The smallest absolute Gasteiger partial charge is 0.416 e. The average molecular weight is 428 g/mol. The number of alkyl halides is 3. The first-order chi connectivity index (χ1) is 14.9. The molecule has 0 aliphatic carbocycles. The van der Waals surface area contributed by atoms with Crippen molar-refractivity contribution in [1.82, 2.24) is 0 Å². The summed E-state index contributed by atoms with van der Waals surface area (Å²) in [6, 6.07) is 18.5. The largest absolute Gasteiger partial charge is 0.494 e. The number of hydrogen-bond donors (Lipinski definition) is 0. The Morgan fingerprint density at radius 3 is 2.26 bits per heavy atom. The summed E-state index contributed by atoms with van der Waals surface area (Å²) in [5.41, 5.74) is -0.278. The van der Waals surface area contributed by atoms with E-state index in [2.05, 4.69) is 0 Å². The average Bonchev–Trinajstić information content (AvgIpc) is 2.74. The van der Waals surface area contributed by atoms with Crippen LogP contribution in [0, 0.1) is 5.82 Å². The number of para-hydroxylation sites is 1. The van der Waals surface area contributed by atoms with E-state index in [1.54, 1.807) is 37.3 Å². The second kappa shape index (κ2) is 9.98. The SMILES string of the molecule is CCOc1ccc(/C(=C\C=C/c2ccc(F)c(Oc3ccccc3)c2)C(F)(F)F)cc1. The monoisotopic (exact) mass is 428 g/mol. The Morgan fingerprint density at radius 1 is 0.903 bits per heavy atom. The Labute approximate surface area is 178 Å². The van der Waals surface area contributed by atoms with Crippen LogP contribution >= 0.6 is 0 Å². The molecule has 6 heteroatoms. The zero-order valence-corrected chi connectivity index (χ0v) is 16.7. The van der Waals surface area contributed by atoms with Gasteiger partial charge in [0.1, 0.15) is 11.5 Å². The zero-order chi connectivity index (χ0) is 22.3. The van der Waals surface area contributed by atoms with Crippen molar-refractivity contribution in [3.05, 3.63) is 102 Å². The first kappa shape index (κ1) is 22.2. The molecule has 3 aromatic carbocycles. The van der Waals surface area contributed by atoms with Crippen LogP contribution < -0.4 is 9.47 Å². The minimum atomic E-state index is -4.54. The van der Waals surface area contributed by atoms with Gasteiger partial charge in [-0.1, -0.05) is 48.6 Å². The second-order valence-corrected chi connectivity index (χ2v) is 6.50. The van der Waals surface area contributed by atoms with E-state index in [-0.39, 0.29) is 11.3 Å². The molecule has 0 saturated carbocycles. The molecule has 0 N–H and O–H groups in total. The van der Waals surface area contributed by atoms with E-state index in [0.29, 0.717) is 23.7 Å². The minimum absolute atomic E-state index is 0.0140. The lowest BCUT2D eigenvalue weighted by molar-refractivity contribution is -0.0689. The molecule has 0 bridgehead atoms. The predicted molar refractivity (Wildman–Crippen MR) is 114 cm³/mol. The third-order valence-corrected chi connectivity index (χ3v) is 4.26. The Morgan fingerprint density at radius 2 is 1.61 bits per heavy atom. The second-order valence-electron chi connectivity index (χ2n) is 6.50. The van der Waals surface area contributed by atoms with Crippen LogP contribution in [0.3, 0.4) is 0 Å². The lowest BCUT2D eigenvalue weighted by Crippen LogP contribution is -2.10. The summed E-state index contributed by atoms with van der Waals surface area (Å²) in [4.78, 5) is 0. The maximum atomic E-state index is 14.1. The van der Waals surface area contributed by atoms with Gasteiger partial charge in [-0.15, -0.1) is 0 Å². The molecule has 0 spiro atoms. The van der Waals surface area contributed by atoms with Crippen LogP contribution in [0.1, 0.15) is 18.1 Å². The maximum absolute atomic E-state index is 14.1. The van der Waals surface area contributed by atoms with Crippen LogP contribution in [-0.4, -0.2) is 12.8 Å². The first-order valence-corrected chi connectivity index (χ1v) is 9.58. The normalized spacial score (nSPS) is 12.2. The molecule has 0 aliphatic rings. The molecule has 31 heavy (non-hydrogen) atoms. The Kier molecular flexibility index (Phi) is 7.13. The van der Waals surface area contributed by atoms with Gasteiger partial charge in [0.25, 0.3) is 0 Å². The van der Waals surface area contributed by atoms with Gasteiger partial charge in [-0.05, 0) is 60.5 Å². The molecule has 160 valence electrons. The van der Waals surface area contributed by atoms with E-state index in [1.807, 2.05) is 0 Å². The first-order valence-electron chi connectivity index (χ1n) is 9.58. The highest BCUT2D eigenvalue weighted by molar-refractivity contribution is 5.72. The molecule has 0 unspecified atom stereocenters. The number of hydrogen-bond acceptors (Lipinski definition) is 2. The van der Waals surface area contributed by atoms with Crippen molar-refractivity contribution in [1.29, 1.82) is 0 Å². The molecule has 0 amide bonds. The fourth-order valence-electron chi connectivity index (χ4n) is 2.82. The molecular weight excluding hydrogens is 408 g/mol. The Balaban J connectivity index is 1.83. The summed E-state index contributed by atoms with van der Waals surface area (Å²) in [5, 5.41) is 0. The highest BCUT2D eigenvalue weighted by Crippen LogP contribution is 2.35. The van der Waals surface area contributed by atoms with Gasteiger partial charge in [-0.2, -0.15) is 13.2 Å². The molecule has 3 rings (SSSR count). The number of halogens is 4. The summed E-state index contributed by atoms with van der Waals surface area (Å²) in [6.45, 7) is 2.23. The van der Waals surface area contributed by atoms with Gasteiger partial charge >= 0.3 is 6.18 Å². The number of allylic oxidation sites excluding steroid dienone is 3. The highest BCUT2D eigenvalue weighted by Gasteiger charge is 2.34. The summed E-state index contributed by atoms with van der Waals surface area (Å²) in [7, 11) is 0. The van der Waals surface area contributed by atoms with Crippen molar-refractivity contribution in [3.8, 4) is 17.2 Å². The van der Waals surface area contributed by atoms with Crippen LogP contribution in [0.15, 0.2) is 84.9 Å². The van der Waals surface area contributed by atoms with Gasteiger partial charge in [0.2, 0.25) is 0 Å². The molecule has 0 radical (unpaired) electrons. The quantitative estimate of drug-likeness (QED) is 0.284. The van der Waals surface area contributed by atoms with E-state index in [4.69, 9.17) is 9.47 Å². The van der Waals surface area contributed by atoms with Crippen LogP contribution in [0.2, 0.25) is 0 Å². The van der Waals surface area contributed by atoms with Crippen molar-refractivity contribution in [3.63, 3.8) is 0 Å². The highest BCUT2D eigenvalue weighted by atomic mass is 19.4. The molecule has 0 aliphatic heterocycles. The summed E-state index contributed by atoms with van der Waals surface area (Å²) >= 11 is 0. The van der Waals surface area contributed by atoms with Crippen molar-refractivity contribution in [2.24, 2.45) is 0 Å². The molecule has 3 aromatic rings. The van der Waals surface area contributed by atoms with Crippen molar-refractivity contribution >= 4 is 11.6 Å². The topological polar surface area (TPSA) is 18.5 Å². The summed E-state index contributed by atoms with van der Waals surface area (Å²) in [6.07, 6.45) is -0.824.